The number of fused-ring (bicyclic) bond motifs is 1. The van der Waals surface area contributed by atoms with Gasteiger partial charge in [-0.25, -0.2) is 10.1 Å². The Morgan fingerprint density at radius 3 is 2.79 bits per heavy atom. The van der Waals surface area contributed by atoms with Crippen molar-refractivity contribution in [2.45, 2.75) is 25.7 Å². The number of hydrogen-bond donors (Lipinski definition) is 1. The molecule has 1 aliphatic rings. The summed E-state index contributed by atoms with van der Waals surface area (Å²) in [5, 5.41) is 6.13. The van der Waals surface area contributed by atoms with Crippen LogP contribution in [0.2, 0.25) is 5.02 Å². The van der Waals surface area contributed by atoms with Crippen LogP contribution in [0.15, 0.2) is 35.3 Å². The monoisotopic (exact) mass is 421 g/mol. The Morgan fingerprint density at radius 2 is 2.03 bits per heavy atom. The van der Waals surface area contributed by atoms with Crippen LogP contribution in [0, 0.1) is 0 Å². The largest absolute Gasteiger partial charge is 0.416 e. The van der Waals surface area contributed by atoms with Crippen LogP contribution in [0.3, 0.4) is 0 Å². The van der Waals surface area contributed by atoms with Crippen molar-refractivity contribution in [2.75, 3.05) is 11.4 Å². The standard InChI is InChI=1S/C18H16BClF3N5O/c19-17-25-12-9-27(14-7-24-26-16(29)15(14)20)6-5-13(12)28(17)8-10-3-1-2-4-11(10)18(21,22)23/h1-4,7H,5-6,8-9,19H2,(H,26,29). The summed E-state index contributed by atoms with van der Waals surface area (Å²) in [5.41, 5.74) is 1.90. The minimum atomic E-state index is -4.41. The second kappa shape index (κ2) is 7.25. The molecule has 29 heavy (non-hydrogen) atoms. The van der Waals surface area contributed by atoms with Crippen LogP contribution in [0.5, 0.6) is 0 Å². The van der Waals surface area contributed by atoms with Crippen molar-refractivity contribution in [3.63, 3.8) is 0 Å². The van der Waals surface area contributed by atoms with E-state index in [0.717, 1.165) is 17.5 Å². The first-order chi connectivity index (χ1) is 13.8. The van der Waals surface area contributed by atoms with E-state index in [-0.39, 0.29) is 17.1 Å². The number of nitrogens with one attached hydrogen (secondary N) is 1. The smallest absolute Gasteiger partial charge is 0.362 e. The Bertz CT molecular complexity index is 1130. The number of imidazole rings is 1. The number of anilines is 1. The van der Waals surface area contributed by atoms with Crippen molar-refractivity contribution in [1.82, 2.24) is 19.7 Å². The van der Waals surface area contributed by atoms with Crippen molar-refractivity contribution in [3.8, 4) is 0 Å². The van der Waals surface area contributed by atoms with Crippen LogP contribution in [0.1, 0.15) is 22.5 Å². The molecule has 0 amide bonds. The normalized spacial score (nSPS) is 14.1. The highest BCUT2D eigenvalue weighted by Gasteiger charge is 2.33. The number of halogens is 4. The van der Waals surface area contributed by atoms with Crippen molar-refractivity contribution in [3.05, 3.63) is 68.4 Å². The number of alkyl halides is 3. The van der Waals surface area contributed by atoms with Gasteiger partial charge in [0.2, 0.25) is 0 Å². The van der Waals surface area contributed by atoms with Crippen molar-refractivity contribution in [2.24, 2.45) is 0 Å². The maximum absolute atomic E-state index is 13.3. The Kier molecular flexibility index (Phi) is 4.89. The average Bonchev–Trinajstić information content (AvgIpc) is 2.98. The lowest BCUT2D eigenvalue weighted by Crippen LogP contribution is -2.33. The summed E-state index contributed by atoms with van der Waals surface area (Å²) in [5.74, 6) is 0. The Hall–Kier alpha value is -2.75. The molecule has 0 bridgehead atoms. The molecule has 3 aromatic rings. The average molecular weight is 422 g/mol. The van der Waals surface area contributed by atoms with Crippen LogP contribution in [0.4, 0.5) is 18.9 Å². The summed E-state index contributed by atoms with van der Waals surface area (Å²) in [4.78, 5) is 18.2. The number of rotatable bonds is 3. The molecule has 0 radical (unpaired) electrons. The van der Waals surface area contributed by atoms with E-state index in [1.54, 1.807) is 13.9 Å². The fraction of sp³-hybridized carbons (Fsp3) is 0.278. The minimum Gasteiger partial charge on any atom is -0.362 e. The fourth-order valence-corrected chi connectivity index (χ4v) is 3.90. The molecule has 6 nitrogen and oxygen atoms in total. The molecule has 1 aliphatic heterocycles. The molecule has 4 rings (SSSR count). The molecule has 3 heterocycles. The highest BCUT2D eigenvalue weighted by Crippen LogP contribution is 2.33. The van der Waals surface area contributed by atoms with Crippen molar-refractivity contribution < 1.29 is 13.2 Å². The van der Waals surface area contributed by atoms with Gasteiger partial charge < -0.3 is 9.47 Å². The van der Waals surface area contributed by atoms with Crippen LogP contribution >= 0.6 is 11.6 Å². The quantitative estimate of drug-likeness (QED) is 0.651. The van der Waals surface area contributed by atoms with E-state index in [4.69, 9.17) is 11.6 Å². The highest BCUT2D eigenvalue weighted by molar-refractivity contribution is 6.33. The second-order valence-electron chi connectivity index (χ2n) is 6.86. The van der Waals surface area contributed by atoms with Gasteiger partial charge in [0.15, 0.2) is 7.85 Å². The maximum atomic E-state index is 13.3. The predicted octanol–water partition coefficient (Wildman–Crippen LogP) is 1.51. The second-order valence-corrected chi connectivity index (χ2v) is 7.24. The molecule has 11 heteroatoms. The van der Waals surface area contributed by atoms with Crippen LogP contribution < -0.4 is 16.2 Å². The lowest BCUT2D eigenvalue weighted by Gasteiger charge is -2.29. The molecule has 0 atom stereocenters. The Balaban J connectivity index is 1.66. The molecule has 2 aromatic heterocycles. The zero-order valence-corrected chi connectivity index (χ0v) is 16.2. The lowest BCUT2D eigenvalue weighted by atomic mass is 10.0. The van der Waals surface area contributed by atoms with E-state index >= 15 is 0 Å². The first kappa shape index (κ1) is 19.6. The minimum absolute atomic E-state index is 0.0544. The molecule has 0 aliphatic carbocycles. The van der Waals surface area contributed by atoms with Gasteiger partial charge in [0.1, 0.15) is 5.02 Å². The van der Waals surface area contributed by atoms with Gasteiger partial charge in [0.05, 0.1) is 35.4 Å². The zero-order valence-electron chi connectivity index (χ0n) is 15.4. The van der Waals surface area contributed by atoms with Gasteiger partial charge in [-0.3, -0.25) is 4.79 Å². The third-order valence-electron chi connectivity index (χ3n) is 5.07. The topological polar surface area (TPSA) is 66.8 Å². The van der Waals surface area contributed by atoms with Gasteiger partial charge in [-0.2, -0.15) is 18.3 Å². The molecule has 0 saturated carbocycles. The summed E-state index contributed by atoms with van der Waals surface area (Å²) >= 11 is 6.10. The number of hydrogen-bond acceptors (Lipinski definition) is 4. The molecule has 0 saturated heterocycles. The highest BCUT2D eigenvalue weighted by atomic mass is 35.5. The van der Waals surface area contributed by atoms with Gasteiger partial charge in [0, 0.05) is 25.2 Å². The van der Waals surface area contributed by atoms with Gasteiger partial charge in [0.25, 0.3) is 5.56 Å². The molecular formula is C18H16BClF3N5O. The summed E-state index contributed by atoms with van der Waals surface area (Å²) in [6.45, 7) is 1.04. The SMILES string of the molecule is Bc1nc2c(n1Cc1ccccc1C(F)(F)F)CCN(c1cn[nH]c(=O)c1Cl)C2. The molecule has 150 valence electrons. The first-order valence-electron chi connectivity index (χ1n) is 8.94. The van der Waals surface area contributed by atoms with E-state index < -0.39 is 17.3 Å². The van der Waals surface area contributed by atoms with E-state index in [1.807, 2.05) is 9.47 Å². The molecule has 1 aromatic carbocycles. The van der Waals surface area contributed by atoms with Gasteiger partial charge in [-0.1, -0.05) is 29.8 Å². The summed E-state index contributed by atoms with van der Waals surface area (Å²) in [7, 11) is 1.78. The van der Waals surface area contributed by atoms with Crippen LogP contribution in [-0.2, 0) is 25.7 Å². The molecule has 0 unspecified atom stereocenters. The first-order valence-corrected chi connectivity index (χ1v) is 9.31. The Morgan fingerprint density at radius 1 is 1.28 bits per heavy atom. The lowest BCUT2D eigenvalue weighted by molar-refractivity contribution is -0.138. The van der Waals surface area contributed by atoms with E-state index in [1.165, 1.54) is 18.3 Å². The number of aromatic amines is 1. The van der Waals surface area contributed by atoms with Crippen molar-refractivity contribution >= 4 is 30.9 Å². The van der Waals surface area contributed by atoms with Crippen LogP contribution in [-0.4, -0.2) is 34.1 Å². The number of aromatic nitrogens is 4. The van der Waals surface area contributed by atoms with Gasteiger partial charge >= 0.3 is 6.18 Å². The predicted molar refractivity (Wildman–Crippen MR) is 106 cm³/mol. The zero-order chi connectivity index (χ0) is 20.8. The number of benzene rings is 1. The van der Waals surface area contributed by atoms with Crippen molar-refractivity contribution in [1.29, 1.82) is 0 Å². The summed E-state index contributed by atoms with van der Waals surface area (Å²) in [6, 6.07) is 5.58. The molecule has 1 N–H and O–H groups in total. The third kappa shape index (κ3) is 3.64. The van der Waals surface area contributed by atoms with Gasteiger partial charge in [-0.15, -0.1) is 0 Å². The number of H-pyrrole nitrogens is 1. The van der Waals surface area contributed by atoms with Gasteiger partial charge in [-0.05, 0) is 11.6 Å². The molecular weight excluding hydrogens is 405 g/mol. The Labute approximate surface area is 169 Å². The van der Waals surface area contributed by atoms with E-state index in [0.29, 0.717) is 30.9 Å². The van der Waals surface area contributed by atoms with Crippen LogP contribution in [0.25, 0.3) is 0 Å². The van der Waals surface area contributed by atoms with E-state index in [9.17, 15) is 18.0 Å². The summed E-state index contributed by atoms with van der Waals surface area (Å²) < 4.78 is 41.9. The third-order valence-corrected chi connectivity index (χ3v) is 5.44. The summed E-state index contributed by atoms with van der Waals surface area (Å²) in [6.07, 6.45) is -2.36. The molecule has 0 fully saturated rings. The number of nitrogens with zero attached hydrogens (tertiary/aromatic N) is 4. The molecule has 0 spiro atoms. The fourth-order valence-electron chi connectivity index (χ4n) is 3.69. The maximum Gasteiger partial charge on any atom is 0.416 e. The van der Waals surface area contributed by atoms with E-state index in [2.05, 4.69) is 15.2 Å².